The normalized spacial score (nSPS) is 21.5. The average molecular weight is 226 g/mol. The molecular formula is C12H16ClNO. The summed E-state index contributed by atoms with van der Waals surface area (Å²) < 4.78 is 0. The minimum absolute atomic E-state index is 0.315. The topological polar surface area (TPSA) is 32.3 Å². The summed E-state index contributed by atoms with van der Waals surface area (Å²) >= 11 is 5.78. The SMILES string of the molecule is Oc1cc(Cl)ccc1CC1CCCCN1. The number of hydrogen-bond acceptors (Lipinski definition) is 2. The van der Waals surface area contributed by atoms with Crippen molar-refractivity contribution in [3.8, 4) is 5.75 Å². The van der Waals surface area contributed by atoms with Crippen LogP contribution in [0.25, 0.3) is 0 Å². The lowest BCUT2D eigenvalue weighted by molar-refractivity contribution is 0.392. The molecule has 3 heteroatoms. The maximum atomic E-state index is 9.71. The van der Waals surface area contributed by atoms with E-state index in [1.807, 2.05) is 12.1 Å². The average Bonchev–Trinajstić information content (AvgIpc) is 2.24. The van der Waals surface area contributed by atoms with E-state index in [1.54, 1.807) is 6.07 Å². The molecule has 82 valence electrons. The lowest BCUT2D eigenvalue weighted by Crippen LogP contribution is -2.35. The van der Waals surface area contributed by atoms with Gasteiger partial charge in [0.25, 0.3) is 0 Å². The van der Waals surface area contributed by atoms with Crippen LogP contribution in [0, 0.1) is 0 Å². The van der Waals surface area contributed by atoms with Crippen LogP contribution < -0.4 is 5.32 Å². The van der Waals surface area contributed by atoms with Crippen LogP contribution in [0.1, 0.15) is 24.8 Å². The zero-order valence-corrected chi connectivity index (χ0v) is 9.43. The quantitative estimate of drug-likeness (QED) is 0.811. The molecule has 1 unspecified atom stereocenters. The number of phenolic OH excluding ortho intramolecular Hbond substituents is 1. The third-order valence-corrected chi connectivity index (χ3v) is 3.16. The summed E-state index contributed by atoms with van der Waals surface area (Å²) in [7, 11) is 0. The largest absolute Gasteiger partial charge is 0.508 e. The van der Waals surface area contributed by atoms with E-state index in [2.05, 4.69) is 5.32 Å². The van der Waals surface area contributed by atoms with Gasteiger partial charge in [0.05, 0.1) is 0 Å². The molecule has 1 fully saturated rings. The molecule has 1 aromatic carbocycles. The van der Waals surface area contributed by atoms with Crippen molar-refractivity contribution < 1.29 is 5.11 Å². The standard InChI is InChI=1S/C12H16ClNO/c13-10-5-4-9(12(15)8-10)7-11-3-1-2-6-14-11/h4-5,8,11,14-15H,1-3,6-7H2. The first-order valence-corrected chi connectivity index (χ1v) is 5.84. The van der Waals surface area contributed by atoms with Crippen LogP contribution in [0.5, 0.6) is 5.75 Å². The monoisotopic (exact) mass is 225 g/mol. The number of piperidine rings is 1. The van der Waals surface area contributed by atoms with Crippen molar-refractivity contribution in [3.05, 3.63) is 28.8 Å². The molecular weight excluding hydrogens is 210 g/mol. The van der Waals surface area contributed by atoms with Gasteiger partial charge >= 0.3 is 0 Å². The number of hydrogen-bond donors (Lipinski definition) is 2. The fourth-order valence-electron chi connectivity index (χ4n) is 2.07. The number of nitrogens with one attached hydrogen (secondary N) is 1. The molecule has 0 bridgehead atoms. The minimum Gasteiger partial charge on any atom is -0.508 e. The highest BCUT2D eigenvalue weighted by atomic mass is 35.5. The number of phenols is 1. The number of rotatable bonds is 2. The summed E-state index contributed by atoms with van der Waals surface area (Å²) in [5, 5.41) is 13.8. The number of benzene rings is 1. The Balaban J connectivity index is 2.03. The molecule has 0 amide bonds. The Labute approximate surface area is 95.3 Å². The van der Waals surface area contributed by atoms with Gasteiger partial charge in [0, 0.05) is 11.1 Å². The highest BCUT2D eigenvalue weighted by molar-refractivity contribution is 6.30. The van der Waals surface area contributed by atoms with Crippen LogP contribution in [-0.2, 0) is 6.42 Å². The van der Waals surface area contributed by atoms with E-state index < -0.39 is 0 Å². The Morgan fingerprint density at radius 2 is 2.27 bits per heavy atom. The molecule has 15 heavy (non-hydrogen) atoms. The highest BCUT2D eigenvalue weighted by Gasteiger charge is 2.14. The highest BCUT2D eigenvalue weighted by Crippen LogP contribution is 2.24. The molecule has 0 aliphatic carbocycles. The lowest BCUT2D eigenvalue weighted by Gasteiger charge is -2.23. The van der Waals surface area contributed by atoms with Gasteiger partial charge in [-0.05, 0) is 43.5 Å². The second-order valence-electron chi connectivity index (χ2n) is 4.12. The number of aromatic hydroxyl groups is 1. The Morgan fingerprint density at radius 1 is 1.40 bits per heavy atom. The van der Waals surface area contributed by atoms with Crippen molar-refractivity contribution in [1.82, 2.24) is 5.32 Å². The third-order valence-electron chi connectivity index (χ3n) is 2.93. The molecule has 1 aliphatic heterocycles. The molecule has 0 radical (unpaired) electrons. The fourth-order valence-corrected chi connectivity index (χ4v) is 2.24. The van der Waals surface area contributed by atoms with Gasteiger partial charge in [-0.1, -0.05) is 24.1 Å². The van der Waals surface area contributed by atoms with E-state index in [0.717, 1.165) is 18.5 Å². The maximum Gasteiger partial charge on any atom is 0.120 e. The first kappa shape index (κ1) is 10.8. The van der Waals surface area contributed by atoms with Gasteiger partial charge in [-0.3, -0.25) is 0 Å². The third kappa shape index (κ3) is 2.86. The molecule has 1 aliphatic rings. The van der Waals surface area contributed by atoms with E-state index in [-0.39, 0.29) is 0 Å². The van der Waals surface area contributed by atoms with Gasteiger partial charge in [-0.2, -0.15) is 0 Å². The molecule has 1 aromatic rings. The Hall–Kier alpha value is -0.730. The molecule has 1 saturated heterocycles. The molecule has 1 heterocycles. The van der Waals surface area contributed by atoms with Crippen LogP contribution in [0.3, 0.4) is 0 Å². The Morgan fingerprint density at radius 3 is 2.93 bits per heavy atom. The first-order chi connectivity index (χ1) is 7.25. The predicted octanol–water partition coefficient (Wildman–Crippen LogP) is 2.73. The van der Waals surface area contributed by atoms with E-state index in [9.17, 15) is 5.11 Å². The zero-order chi connectivity index (χ0) is 10.7. The smallest absolute Gasteiger partial charge is 0.120 e. The first-order valence-electron chi connectivity index (χ1n) is 5.46. The van der Waals surface area contributed by atoms with Gasteiger partial charge in [0.15, 0.2) is 0 Å². The fraction of sp³-hybridized carbons (Fsp3) is 0.500. The van der Waals surface area contributed by atoms with Crippen molar-refractivity contribution in [2.24, 2.45) is 0 Å². The summed E-state index contributed by atoms with van der Waals surface area (Å²) in [6.45, 7) is 1.10. The molecule has 0 spiro atoms. The maximum absolute atomic E-state index is 9.71. The lowest BCUT2D eigenvalue weighted by atomic mass is 9.97. The van der Waals surface area contributed by atoms with Crippen LogP contribution in [-0.4, -0.2) is 17.7 Å². The van der Waals surface area contributed by atoms with Gasteiger partial charge in [0.1, 0.15) is 5.75 Å². The van der Waals surface area contributed by atoms with Gasteiger partial charge < -0.3 is 10.4 Å². The second kappa shape index (κ2) is 4.86. The summed E-state index contributed by atoms with van der Waals surface area (Å²) in [5.41, 5.74) is 0.985. The number of halogens is 1. The summed E-state index contributed by atoms with van der Waals surface area (Å²) in [4.78, 5) is 0. The van der Waals surface area contributed by atoms with Crippen LogP contribution >= 0.6 is 11.6 Å². The molecule has 0 saturated carbocycles. The van der Waals surface area contributed by atoms with E-state index in [4.69, 9.17) is 11.6 Å². The Kier molecular flexibility index (Phi) is 3.49. The van der Waals surface area contributed by atoms with Crippen LogP contribution in [0.15, 0.2) is 18.2 Å². The van der Waals surface area contributed by atoms with Gasteiger partial charge in [0.2, 0.25) is 0 Å². The van der Waals surface area contributed by atoms with Crippen molar-refractivity contribution >= 4 is 11.6 Å². The summed E-state index contributed by atoms with van der Waals surface area (Å²) in [6.07, 6.45) is 4.64. The Bertz CT molecular complexity index is 334. The summed E-state index contributed by atoms with van der Waals surface area (Å²) in [6, 6.07) is 5.86. The van der Waals surface area contributed by atoms with Gasteiger partial charge in [-0.15, -0.1) is 0 Å². The van der Waals surface area contributed by atoms with E-state index in [0.29, 0.717) is 16.8 Å². The molecule has 2 N–H and O–H groups in total. The van der Waals surface area contributed by atoms with Gasteiger partial charge in [-0.25, -0.2) is 0 Å². The van der Waals surface area contributed by atoms with Crippen molar-refractivity contribution in [2.45, 2.75) is 31.7 Å². The molecule has 2 nitrogen and oxygen atoms in total. The summed E-state index contributed by atoms with van der Waals surface area (Å²) in [5.74, 6) is 0.315. The molecule has 1 atom stereocenters. The van der Waals surface area contributed by atoms with Crippen molar-refractivity contribution in [2.75, 3.05) is 6.54 Å². The van der Waals surface area contributed by atoms with Crippen molar-refractivity contribution in [1.29, 1.82) is 0 Å². The van der Waals surface area contributed by atoms with E-state index in [1.165, 1.54) is 19.3 Å². The van der Waals surface area contributed by atoms with E-state index >= 15 is 0 Å². The molecule has 0 aromatic heterocycles. The minimum atomic E-state index is 0.315. The van der Waals surface area contributed by atoms with Crippen molar-refractivity contribution in [3.63, 3.8) is 0 Å². The predicted molar refractivity (Wildman–Crippen MR) is 62.5 cm³/mol. The van der Waals surface area contributed by atoms with Crippen LogP contribution in [0.4, 0.5) is 0 Å². The van der Waals surface area contributed by atoms with Crippen LogP contribution in [0.2, 0.25) is 5.02 Å². The molecule has 2 rings (SSSR count). The zero-order valence-electron chi connectivity index (χ0n) is 8.67. The second-order valence-corrected chi connectivity index (χ2v) is 4.56.